The van der Waals surface area contributed by atoms with Crippen molar-refractivity contribution in [2.24, 2.45) is 10.2 Å². The molecule has 30 heavy (non-hydrogen) atoms. The van der Waals surface area contributed by atoms with E-state index < -0.39 is 5.91 Å². The first kappa shape index (κ1) is 19.7. The summed E-state index contributed by atoms with van der Waals surface area (Å²) < 4.78 is 7.08. The fraction of sp³-hybridized carbons (Fsp3) is 0.0870. The number of halogens is 1. The lowest BCUT2D eigenvalue weighted by molar-refractivity contribution is -0.120. The normalized spacial score (nSPS) is 11.2. The Morgan fingerprint density at radius 1 is 0.967 bits per heavy atom. The molecule has 0 bridgehead atoms. The molecule has 6 nitrogen and oxygen atoms in total. The van der Waals surface area contributed by atoms with Gasteiger partial charge in [-0.1, -0.05) is 66.2 Å². The van der Waals surface area contributed by atoms with E-state index in [1.165, 1.54) is 0 Å². The molecule has 0 unspecified atom stereocenters. The molecular weight excluding hydrogens is 402 g/mol. The second kappa shape index (κ2) is 8.80. The zero-order chi connectivity index (χ0) is 20.9. The Morgan fingerprint density at radius 2 is 1.67 bits per heavy atom. The Bertz CT molecular complexity index is 1220. The van der Waals surface area contributed by atoms with Crippen LogP contribution in [0.4, 0.5) is 5.69 Å². The molecule has 150 valence electrons. The number of ether oxygens (including phenoxy) is 1. The molecule has 1 N–H and O–H groups in total. The number of hydrogen-bond donors (Lipinski definition) is 1. The molecule has 0 saturated carbocycles. The van der Waals surface area contributed by atoms with Gasteiger partial charge >= 0.3 is 5.91 Å². The number of fused-ring (bicyclic) bond motifs is 1. The third kappa shape index (κ3) is 4.18. The lowest BCUT2D eigenvalue weighted by atomic mass is 10.2. The van der Waals surface area contributed by atoms with Crippen LogP contribution in [0.5, 0.6) is 11.6 Å². The van der Waals surface area contributed by atoms with Gasteiger partial charge in [0.25, 0.3) is 0 Å². The topological polar surface area (TPSA) is 76.2 Å². The Labute approximate surface area is 178 Å². The quantitative estimate of drug-likeness (QED) is 0.405. The number of amides is 1. The van der Waals surface area contributed by atoms with Crippen LogP contribution in [-0.2, 0) is 11.3 Å². The summed E-state index contributed by atoms with van der Waals surface area (Å²) in [5.41, 5.74) is 1.84. The van der Waals surface area contributed by atoms with Crippen molar-refractivity contribution in [2.45, 2.75) is 6.54 Å². The first-order chi connectivity index (χ1) is 14.6. The van der Waals surface area contributed by atoms with Crippen molar-refractivity contribution in [2.75, 3.05) is 6.61 Å². The number of azo groups is 1. The minimum absolute atomic E-state index is 0.0864. The summed E-state index contributed by atoms with van der Waals surface area (Å²) in [6, 6.07) is 23.8. The van der Waals surface area contributed by atoms with Gasteiger partial charge in [-0.3, -0.25) is 4.79 Å². The van der Waals surface area contributed by atoms with E-state index in [2.05, 4.69) is 10.2 Å². The van der Waals surface area contributed by atoms with Crippen molar-refractivity contribution in [3.8, 4) is 11.6 Å². The zero-order valence-electron chi connectivity index (χ0n) is 15.9. The minimum atomic E-state index is -0.554. The molecule has 0 radical (unpaired) electrons. The van der Waals surface area contributed by atoms with E-state index in [4.69, 9.17) is 16.3 Å². The van der Waals surface area contributed by atoms with Crippen LogP contribution in [0.15, 0.2) is 89.1 Å². The third-order valence-corrected chi connectivity index (χ3v) is 4.94. The molecule has 0 aliphatic heterocycles. The number of aromatic hydroxyl groups is 1. The van der Waals surface area contributed by atoms with Gasteiger partial charge in [-0.05, 0) is 29.8 Å². The lowest BCUT2D eigenvalue weighted by Gasteiger charge is -2.08. The second-order valence-electron chi connectivity index (χ2n) is 6.56. The Balaban J connectivity index is 1.60. The van der Waals surface area contributed by atoms with Gasteiger partial charge in [0.1, 0.15) is 5.75 Å². The predicted molar refractivity (Wildman–Crippen MR) is 116 cm³/mol. The Hall–Kier alpha value is -3.64. The predicted octanol–water partition coefficient (Wildman–Crippen LogP) is 5.74. The molecule has 0 saturated heterocycles. The van der Waals surface area contributed by atoms with Crippen molar-refractivity contribution in [1.82, 2.24) is 4.57 Å². The molecule has 4 aromatic rings. The summed E-state index contributed by atoms with van der Waals surface area (Å²) in [6.45, 7) is 0.110. The van der Waals surface area contributed by atoms with Crippen molar-refractivity contribution >= 4 is 34.1 Å². The molecule has 3 aromatic carbocycles. The highest BCUT2D eigenvalue weighted by Crippen LogP contribution is 2.39. The maximum Gasteiger partial charge on any atom is 0.302 e. The van der Waals surface area contributed by atoms with Gasteiger partial charge in [-0.15, -0.1) is 10.2 Å². The van der Waals surface area contributed by atoms with E-state index in [9.17, 15) is 9.90 Å². The summed E-state index contributed by atoms with van der Waals surface area (Å²) in [7, 11) is 0. The van der Waals surface area contributed by atoms with Crippen LogP contribution >= 0.6 is 11.6 Å². The SMILES string of the molecule is O=C(COc1ccccc1)N=Nc1c(O)n(Cc2ccccc2Cl)c2ccccc12. The van der Waals surface area contributed by atoms with Crippen LogP contribution in [0.3, 0.4) is 0 Å². The highest BCUT2D eigenvalue weighted by molar-refractivity contribution is 6.31. The monoisotopic (exact) mass is 419 g/mol. The average Bonchev–Trinajstić information content (AvgIpc) is 3.04. The second-order valence-corrected chi connectivity index (χ2v) is 6.97. The van der Waals surface area contributed by atoms with Gasteiger partial charge in [0.2, 0.25) is 5.88 Å². The summed E-state index contributed by atoms with van der Waals surface area (Å²) >= 11 is 6.28. The summed E-state index contributed by atoms with van der Waals surface area (Å²) in [5, 5.41) is 19.8. The third-order valence-electron chi connectivity index (χ3n) is 4.57. The van der Waals surface area contributed by atoms with E-state index in [1.807, 2.05) is 60.7 Å². The minimum Gasteiger partial charge on any atom is -0.493 e. The van der Waals surface area contributed by atoms with Crippen molar-refractivity contribution < 1.29 is 14.6 Å². The molecule has 0 atom stereocenters. The largest absolute Gasteiger partial charge is 0.493 e. The van der Waals surface area contributed by atoms with Crippen LogP contribution in [0.25, 0.3) is 10.9 Å². The van der Waals surface area contributed by atoms with Gasteiger partial charge in [0, 0.05) is 10.4 Å². The molecule has 0 aliphatic rings. The van der Waals surface area contributed by atoms with Gasteiger partial charge < -0.3 is 14.4 Å². The van der Waals surface area contributed by atoms with E-state index in [0.717, 1.165) is 11.1 Å². The van der Waals surface area contributed by atoms with Crippen molar-refractivity contribution in [3.05, 3.63) is 89.4 Å². The van der Waals surface area contributed by atoms with Crippen molar-refractivity contribution in [1.29, 1.82) is 0 Å². The average molecular weight is 420 g/mol. The van der Waals surface area contributed by atoms with E-state index in [0.29, 0.717) is 22.7 Å². The maximum atomic E-state index is 12.1. The molecule has 0 aliphatic carbocycles. The summed E-state index contributed by atoms with van der Waals surface area (Å²) in [6.07, 6.45) is 0. The molecule has 7 heteroatoms. The lowest BCUT2D eigenvalue weighted by Crippen LogP contribution is -2.07. The number of hydrogen-bond acceptors (Lipinski definition) is 4. The van der Waals surface area contributed by atoms with Crippen LogP contribution in [0.2, 0.25) is 5.02 Å². The molecule has 1 amide bonds. The zero-order valence-corrected chi connectivity index (χ0v) is 16.7. The standard InChI is InChI=1S/C23H18ClN3O3/c24-19-12-6-4-8-16(19)14-27-20-13-7-5-11-18(20)22(23(27)29)26-25-21(28)15-30-17-9-2-1-3-10-17/h1-13,29H,14-15H2. The first-order valence-corrected chi connectivity index (χ1v) is 9.67. The number of aromatic nitrogens is 1. The smallest absolute Gasteiger partial charge is 0.302 e. The van der Waals surface area contributed by atoms with Crippen LogP contribution in [-0.4, -0.2) is 22.2 Å². The summed E-state index contributed by atoms with van der Waals surface area (Å²) in [5.74, 6) is -0.0712. The highest BCUT2D eigenvalue weighted by Gasteiger charge is 2.17. The van der Waals surface area contributed by atoms with Gasteiger partial charge in [0.15, 0.2) is 12.3 Å². The molecule has 0 spiro atoms. The van der Waals surface area contributed by atoms with E-state index in [-0.39, 0.29) is 18.2 Å². The van der Waals surface area contributed by atoms with Crippen molar-refractivity contribution in [3.63, 3.8) is 0 Å². The number of rotatable bonds is 6. The number of nitrogens with zero attached hydrogens (tertiary/aromatic N) is 3. The van der Waals surface area contributed by atoms with Gasteiger partial charge in [-0.25, -0.2) is 0 Å². The molecule has 0 fully saturated rings. The molecule has 1 aromatic heterocycles. The Morgan fingerprint density at radius 3 is 2.47 bits per heavy atom. The Kier molecular flexibility index (Phi) is 5.77. The van der Waals surface area contributed by atoms with Gasteiger partial charge in [-0.2, -0.15) is 0 Å². The van der Waals surface area contributed by atoms with E-state index in [1.54, 1.807) is 22.8 Å². The fourth-order valence-corrected chi connectivity index (χ4v) is 3.32. The number of benzene rings is 3. The molecular formula is C23H18ClN3O3. The van der Waals surface area contributed by atoms with Crippen LogP contribution in [0.1, 0.15) is 5.56 Å². The number of carbonyl (C=O) groups excluding carboxylic acids is 1. The highest BCUT2D eigenvalue weighted by atomic mass is 35.5. The van der Waals surface area contributed by atoms with Crippen LogP contribution in [0, 0.1) is 0 Å². The van der Waals surface area contributed by atoms with E-state index >= 15 is 0 Å². The maximum absolute atomic E-state index is 12.1. The summed E-state index contributed by atoms with van der Waals surface area (Å²) in [4.78, 5) is 12.1. The molecule has 1 heterocycles. The number of para-hydroxylation sites is 2. The first-order valence-electron chi connectivity index (χ1n) is 9.29. The fourth-order valence-electron chi connectivity index (χ4n) is 3.12. The number of carbonyl (C=O) groups is 1. The van der Waals surface area contributed by atoms with Crippen LogP contribution < -0.4 is 4.74 Å². The van der Waals surface area contributed by atoms with Gasteiger partial charge in [0.05, 0.1) is 12.1 Å². The molecule has 4 rings (SSSR count).